The molecule has 1 aromatic heterocycles. The zero-order chi connectivity index (χ0) is 18.9. The third-order valence-electron chi connectivity index (χ3n) is 4.90. The fraction of sp³-hybridized carbons (Fsp3) is 0.421. The van der Waals surface area contributed by atoms with Crippen molar-refractivity contribution in [1.29, 1.82) is 0 Å². The van der Waals surface area contributed by atoms with E-state index in [4.69, 9.17) is 4.74 Å². The second-order valence-corrected chi connectivity index (χ2v) is 6.80. The molecule has 1 aliphatic rings. The van der Waals surface area contributed by atoms with Crippen molar-refractivity contribution in [3.05, 3.63) is 36.0 Å². The van der Waals surface area contributed by atoms with Crippen molar-refractivity contribution in [3.8, 4) is 17.0 Å². The minimum atomic E-state index is -0.878. The molecule has 1 fully saturated rings. The molecule has 0 atom stereocenters. The van der Waals surface area contributed by atoms with Crippen LogP contribution in [0.15, 0.2) is 30.3 Å². The second-order valence-electron chi connectivity index (χ2n) is 6.80. The average molecular weight is 356 g/mol. The molecule has 1 aliphatic heterocycles. The molecule has 26 heavy (non-hydrogen) atoms. The van der Waals surface area contributed by atoms with Crippen LogP contribution in [0.2, 0.25) is 0 Å². The molecule has 1 saturated heterocycles. The number of methoxy groups -OCH3 is 1. The first kappa shape index (κ1) is 18.0. The molecule has 0 aliphatic carbocycles. The predicted octanol–water partition coefficient (Wildman–Crippen LogP) is 2.17. The number of aromatic amines is 1. The summed E-state index contributed by atoms with van der Waals surface area (Å²) in [6, 6.07) is 9.18. The van der Waals surface area contributed by atoms with Crippen LogP contribution >= 0.6 is 0 Å². The number of aromatic nitrogens is 2. The number of H-pyrrole nitrogens is 1. The number of hydrogen-bond acceptors (Lipinski definition) is 4. The molecule has 1 aromatic carbocycles. The van der Waals surface area contributed by atoms with Crippen molar-refractivity contribution in [3.63, 3.8) is 0 Å². The number of carbonyl (C=O) groups excluding carboxylic acids is 2. The highest BCUT2D eigenvalue weighted by Gasteiger charge is 2.44. The van der Waals surface area contributed by atoms with Crippen molar-refractivity contribution >= 4 is 11.8 Å². The molecule has 7 heteroatoms. The highest BCUT2D eigenvalue weighted by atomic mass is 16.5. The van der Waals surface area contributed by atoms with E-state index in [9.17, 15) is 9.59 Å². The van der Waals surface area contributed by atoms with E-state index in [0.29, 0.717) is 31.0 Å². The summed E-state index contributed by atoms with van der Waals surface area (Å²) in [4.78, 5) is 29.0. The zero-order valence-corrected chi connectivity index (χ0v) is 15.6. The molecule has 0 radical (unpaired) electrons. The van der Waals surface area contributed by atoms with Gasteiger partial charge in [-0.05, 0) is 51.1 Å². The Hall–Kier alpha value is -2.83. The largest absolute Gasteiger partial charge is 0.497 e. The smallest absolute Gasteiger partial charge is 0.272 e. The van der Waals surface area contributed by atoms with E-state index in [-0.39, 0.29) is 11.8 Å². The number of piperazine rings is 1. The maximum Gasteiger partial charge on any atom is 0.272 e. The van der Waals surface area contributed by atoms with Gasteiger partial charge in [0.25, 0.3) is 5.91 Å². The van der Waals surface area contributed by atoms with Gasteiger partial charge >= 0.3 is 0 Å². The lowest BCUT2D eigenvalue weighted by atomic mass is 9.96. The molecule has 7 nitrogen and oxygen atoms in total. The number of rotatable bonds is 4. The Labute approximate surface area is 152 Å². The summed E-state index contributed by atoms with van der Waals surface area (Å²) in [6.07, 6.45) is 0. The highest BCUT2D eigenvalue weighted by Crippen LogP contribution is 2.26. The van der Waals surface area contributed by atoms with Crippen molar-refractivity contribution in [2.75, 3.05) is 26.7 Å². The fourth-order valence-electron chi connectivity index (χ4n) is 3.25. The first-order valence-corrected chi connectivity index (χ1v) is 8.69. The number of carbonyl (C=O) groups is 2. The lowest BCUT2D eigenvalue weighted by molar-refractivity contribution is -0.146. The molecular weight excluding hydrogens is 332 g/mol. The van der Waals surface area contributed by atoms with E-state index in [1.807, 2.05) is 31.2 Å². The number of amides is 2. The molecule has 2 amide bonds. The van der Waals surface area contributed by atoms with Gasteiger partial charge in [-0.15, -0.1) is 0 Å². The molecule has 3 rings (SSSR count). The van der Waals surface area contributed by atoms with Crippen LogP contribution in [-0.2, 0) is 4.79 Å². The van der Waals surface area contributed by atoms with Gasteiger partial charge in [-0.25, -0.2) is 0 Å². The summed E-state index contributed by atoms with van der Waals surface area (Å²) in [5.41, 5.74) is 1.05. The van der Waals surface area contributed by atoms with E-state index >= 15 is 0 Å². The van der Waals surface area contributed by atoms with Crippen LogP contribution < -0.4 is 4.74 Å². The third kappa shape index (κ3) is 3.05. The van der Waals surface area contributed by atoms with Gasteiger partial charge in [0.05, 0.1) is 12.8 Å². The highest BCUT2D eigenvalue weighted by molar-refractivity contribution is 5.99. The molecule has 0 saturated carbocycles. The van der Waals surface area contributed by atoms with Crippen LogP contribution in [0.4, 0.5) is 0 Å². The van der Waals surface area contributed by atoms with E-state index in [2.05, 4.69) is 10.2 Å². The number of benzene rings is 1. The Bertz CT molecular complexity index is 810. The van der Waals surface area contributed by atoms with Gasteiger partial charge in [-0.3, -0.25) is 14.7 Å². The van der Waals surface area contributed by atoms with Crippen LogP contribution in [0.25, 0.3) is 11.3 Å². The van der Waals surface area contributed by atoms with Crippen LogP contribution in [0, 0.1) is 0 Å². The van der Waals surface area contributed by atoms with Crippen molar-refractivity contribution in [2.24, 2.45) is 0 Å². The van der Waals surface area contributed by atoms with E-state index < -0.39 is 5.54 Å². The topological polar surface area (TPSA) is 78.5 Å². The lowest BCUT2D eigenvalue weighted by Crippen LogP contribution is -2.64. The monoisotopic (exact) mass is 356 g/mol. The molecule has 0 spiro atoms. The summed E-state index contributed by atoms with van der Waals surface area (Å²) in [5.74, 6) is 0.510. The second kappa shape index (κ2) is 6.82. The number of hydrogen-bond donors (Lipinski definition) is 1. The Morgan fingerprint density at radius 3 is 2.58 bits per heavy atom. The Morgan fingerprint density at radius 1 is 1.27 bits per heavy atom. The van der Waals surface area contributed by atoms with Crippen molar-refractivity contribution in [1.82, 2.24) is 20.0 Å². The molecular formula is C19H24N4O3. The van der Waals surface area contributed by atoms with E-state index in [0.717, 1.165) is 11.3 Å². The van der Waals surface area contributed by atoms with Crippen molar-refractivity contribution < 1.29 is 14.3 Å². The SMILES string of the molecule is CCN1CCN(C(=O)c2cc(-c3ccc(OC)cc3)n[nH]2)C(C)(C)C1=O. The quantitative estimate of drug-likeness (QED) is 0.911. The average Bonchev–Trinajstić information content (AvgIpc) is 3.13. The number of nitrogens with zero attached hydrogens (tertiary/aromatic N) is 3. The molecule has 1 N–H and O–H groups in total. The molecule has 0 unspecified atom stereocenters. The van der Waals surface area contributed by atoms with Gasteiger partial charge in [0.15, 0.2) is 0 Å². The standard InChI is InChI=1S/C19H24N4O3/c1-5-22-10-11-23(19(2,3)18(22)25)17(24)16-12-15(20-21-16)13-6-8-14(26-4)9-7-13/h6-9,12H,5,10-11H2,1-4H3,(H,20,21). The van der Waals surface area contributed by atoms with Crippen LogP contribution in [0.3, 0.4) is 0 Å². The number of likely N-dealkylation sites (N-methyl/N-ethyl adjacent to an activating group) is 1. The first-order chi connectivity index (χ1) is 12.4. The Kier molecular flexibility index (Phi) is 4.71. The van der Waals surface area contributed by atoms with Gasteiger partial charge in [0, 0.05) is 25.2 Å². The molecule has 138 valence electrons. The van der Waals surface area contributed by atoms with Crippen molar-refractivity contribution in [2.45, 2.75) is 26.3 Å². The predicted molar refractivity (Wildman–Crippen MR) is 97.9 cm³/mol. The maximum atomic E-state index is 13.0. The summed E-state index contributed by atoms with van der Waals surface area (Å²) in [7, 11) is 1.61. The summed E-state index contributed by atoms with van der Waals surface area (Å²) < 4.78 is 5.15. The summed E-state index contributed by atoms with van der Waals surface area (Å²) in [6.45, 7) is 7.22. The van der Waals surface area contributed by atoms with Gasteiger partial charge in [-0.2, -0.15) is 5.10 Å². The minimum absolute atomic E-state index is 0.0329. The Morgan fingerprint density at radius 2 is 1.96 bits per heavy atom. The lowest BCUT2D eigenvalue weighted by Gasteiger charge is -2.45. The van der Waals surface area contributed by atoms with E-state index in [1.165, 1.54) is 0 Å². The summed E-state index contributed by atoms with van der Waals surface area (Å²) >= 11 is 0. The normalized spacial score (nSPS) is 16.7. The Balaban J connectivity index is 1.82. The van der Waals surface area contributed by atoms with Gasteiger partial charge in [-0.1, -0.05) is 0 Å². The molecule has 2 heterocycles. The van der Waals surface area contributed by atoms with Gasteiger partial charge in [0.1, 0.15) is 17.0 Å². The zero-order valence-electron chi connectivity index (χ0n) is 15.6. The van der Waals surface area contributed by atoms with Crippen LogP contribution in [0.1, 0.15) is 31.3 Å². The van der Waals surface area contributed by atoms with Crippen LogP contribution in [-0.4, -0.2) is 64.1 Å². The third-order valence-corrected chi connectivity index (χ3v) is 4.90. The minimum Gasteiger partial charge on any atom is -0.497 e. The summed E-state index contributed by atoms with van der Waals surface area (Å²) in [5, 5.41) is 7.06. The number of ether oxygens (including phenoxy) is 1. The maximum absolute atomic E-state index is 13.0. The number of nitrogens with one attached hydrogen (secondary N) is 1. The molecule has 0 bridgehead atoms. The van der Waals surface area contributed by atoms with Crippen LogP contribution in [0.5, 0.6) is 5.75 Å². The van der Waals surface area contributed by atoms with E-state index in [1.54, 1.807) is 36.8 Å². The van der Waals surface area contributed by atoms with Gasteiger partial charge in [0.2, 0.25) is 5.91 Å². The first-order valence-electron chi connectivity index (χ1n) is 8.69. The molecule has 2 aromatic rings. The fourth-order valence-corrected chi connectivity index (χ4v) is 3.25. The van der Waals surface area contributed by atoms with Gasteiger partial charge < -0.3 is 14.5 Å².